The molecule has 1 atom stereocenters. The number of piperazine rings is 1. The molecule has 4 heteroatoms. The van der Waals surface area contributed by atoms with Crippen molar-refractivity contribution in [2.24, 2.45) is 0 Å². The van der Waals surface area contributed by atoms with Crippen molar-refractivity contribution < 1.29 is 0 Å². The van der Waals surface area contributed by atoms with E-state index in [4.69, 9.17) is 0 Å². The Hall–Kier alpha value is -1.81. The van der Waals surface area contributed by atoms with Crippen LogP contribution in [-0.4, -0.2) is 46.9 Å². The lowest BCUT2D eigenvalue weighted by Gasteiger charge is -2.39. The van der Waals surface area contributed by atoms with Crippen LogP contribution in [0.3, 0.4) is 0 Å². The van der Waals surface area contributed by atoms with Gasteiger partial charge in [-0.3, -0.25) is 9.58 Å². The molecule has 0 amide bonds. The summed E-state index contributed by atoms with van der Waals surface area (Å²) in [6.07, 6.45) is 3.89. The highest BCUT2D eigenvalue weighted by atomic mass is 15.3. The Labute approximate surface area is 127 Å². The number of aromatic nitrogens is 2. The number of hydrogen-bond acceptors (Lipinski definition) is 3. The van der Waals surface area contributed by atoms with Crippen molar-refractivity contribution >= 4 is 5.69 Å². The second-order valence-electron chi connectivity index (χ2n) is 5.94. The molecule has 1 unspecified atom stereocenters. The van der Waals surface area contributed by atoms with Crippen molar-refractivity contribution in [3.63, 3.8) is 0 Å². The summed E-state index contributed by atoms with van der Waals surface area (Å²) in [5.41, 5.74) is 2.69. The average molecular weight is 284 g/mol. The Morgan fingerprint density at radius 2 is 1.95 bits per heavy atom. The summed E-state index contributed by atoms with van der Waals surface area (Å²) in [6, 6.07) is 11.3. The van der Waals surface area contributed by atoms with Gasteiger partial charge in [-0.1, -0.05) is 12.1 Å². The van der Waals surface area contributed by atoms with Crippen LogP contribution < -0.4 is 4.90 Å². The number of aryl methyl sites for hydroxylation is 1. The first-order valence-corrected chi connectivity index (χ1v) is 7.75. The van der Waals surface area contributed by atoms with Gasteiger partial charge < -0.3 is 4.90 Å². The lowest BCUT2D eigenvalue weighted by atomic mass is 10.1. The molecule has 0 saturated carbocycles. The van der Waals surface area contributed by atoms with Gasteiger partial charge >= 0.3 is 0 Å². The summed E-state index contributed by atoms with van der Waals surface area (Å²) < 4.78 is 2.03. The maximum atomic E-state index is 4.30. The summed E-state index contributed by atoms with van der Waals surface area (Å²) in [6.45, 7) is 9.87. The topological polar surface area (TPSA) is 24.3 Å². The summed E-state index contributed by atoms with van der Waals surface area (Å²) in [4.78, 5) is 5.05. The molecule has 0 aliphatic carbocycles. The van der Waals surface area contributed by atoms with Gasteiger partial charge in [0.15, 0.2) is 0 Å². The zero-order chi connectivity index (χ0) is 14.7. The summed E-state index contributed by atoms with van der Waals surface area (Å²) in [5, 5.41) is 4.30. The number of hydrogen-bond donors (Lipinski definition) is 0. The number of rotatable bonds is 4. The minimum absolute atomic E-state index is 0.532. The van der Waals surface area contributed by atoms with E-state index < -0.39 is 0 Å². The molecule has 1 aliphatic heterocycles. The molecule has 21 heavy (non-hydrogen) atoms. The summed E-state index contributed by atoms with van der Waals surface area (Å²) >= 11 is 0. The molecule has 1 aliphatic rings. The zero-order valence-corrected chi connectivity index (χ0v) is 12.9. The van der Waals surface area contributed by atoms with Crippen LogP contribution in [0.4, 0.5) is 5.69 Å². The van der Waals surface area contributed by atoms with Crippen LogP contribution in [0.25, 0.3) is 0 Å². The highest BCUT2D eigenvalue weighted by Gasteiger charge is 2.21. The highest BCUT2D eigenvalue weighted by Crippen LogP contribution is 2.18. The number of nitrogens with zero attached hydrogens (tertiary/aromatic N) is 4. The van der Waals surface area contributed by atoms with Crippen molar-refractivity contribution in [2.75, 3.05) is 31.1 Å². The zero-order valence-electron chi connectivity index (χ0n) is 12.9. The van der Waals surface area contributed by atoms with Crippen LogP contribution >= 0.6 is 0 Å². The second-order valence-corrected chi connectivity index (χ2v) is 5.94. The molecule has 3 rings (SSSR count). The third-order valence-electron chi connectivity index (χ3n) is 4.31. The molecule has 4 nitrogen and oxygen atoms in total. The predicted octanol–water partition coefficient (Wildman–Crippen LogP) is 2.40. The molecule has 0 bridgehead atoms. The van der Waals surface area contributed by atoms with Crippen molar-refractivity contribution in [1.29, 1.82) is 0 Å². The van der Waals surface area contributed by atoms with Crippen molar-refractivity contribution in [3.05, 3.63) is 48.3 Å². The second kappa shape index (κ2) is 6.31. The summed E-state index contributed by atoms with van der Waals surface area (Å²) in [5.74, 6) is 0. The van der Waals surface area contributed by atoms with Crippen LogP contribution in [0.1, 0.15) is 12.5 Å². The number of benzene rings is 1. The van der Waals surface area contributed by atoms with E-state index in [-0.39, 0.29) is 0 Å². The van der Waals surface area contributed by atoms with Crippen molar-refractivity contribution in [2.45, 2.75) is 26.4 Å². The monoisotopic (exact) mass is 284 g/mol. The van der Waals surface area contributed by atoms with Gasteiger partial charge in [0, 0.05) is 50.3 Å². The van der Waals surface area contributed by atoms with Gasteiger partial charge in [-0.15, -0.1) is 0 Å². The van der Waals surface area contributed by atoms with Gasteiger partial charge in [0.25, 0.3) is 0 Å². The first kappa shape index (κ1) is 14.1. The fourth-order valence-electron chi connectivity index (χ4n) is 3.04. The molecule has 1 aromatic carbocycles. The molecule has 0 spiro atoms. The quantitative estimate of drug-likeness (QED) is 0.861. The maximum Gasteiger partial charge on any atom is 0.0562 e. The Morgan fingerprint density at radius 3 is 2.62 bits per heavy atom. The van der Waals surface area contributed by atoms with Crippen LogP contribution in [0, 0.1) is 6.92 Å². The van der Waals surface area contributed by atoms with Gasteiger partial charge in [-0.05, 0) is 37.6 Å². The van der Waals surface area contributed by atoms with Crippen molar-refractivity contribution in [1.82, 2.24) is 14.7 Å². The minimum atomic E-state index is 0.532. The Bertz CT molecular complexity index is 556. The maximum absolute atomic E-state index is 4.30. The van der Waals surface area contributed by atoms with Gasteiger partial charge in [-0.25, -0.2) is 0 Å². The standard InChI is InChI=1S/C17H24N4/c1-15-5-3-6-17(13-15)20-11-9-19(10-12-20)16(2)14-21-8-4-7-18-21/h3-8,13,16H,9-12,14H2,1-2H3. The van der Waals surface area contributed by atoms with E-state index in [2.05, 4.69) is 53.0 Å². The fraction of sp³-hybridized carbons (Fsp3) is 0.471. The van der Waals surface area contributed by atoms with Gasteiger partial charge in [0.05, 0.1) is 6.54 Å². The molecule has 112 valence electrons. The lowest BCUT2D eigenvalue weighted by Crippen LogP contribution is -2.50. The molecule has 0 radical (unpaired) electrons. The van der Waals surface area contributed by atoms with Crippen LogP contribution in [0.2, 0.25) is 0 Å². The smallest absolute Gasteiger partial charge is 0.0562 e. The van der Waals surface area contributed by atoms with E-state index >= 15 is 0 Å². The van der Waals surface area contributed by atoms with E-state index in [0.29, 0.717) is 6.04 Å². The Morgan fingerprint density at radius 1 is 1.14 bits per heavy atom. The average Bonchev–Trinajstić information content (AvgIpc) is 3.00. The van der Waals surface area contributed by atoms with E-state index in [0.717, 1.165) is 32.7 Å². The van der Waals surface area contributed by atoms with Crippen LogP contribution in [0.5, 0.6) is 0 Å². The molecule has 2 heterocycles. The van der Waals surface area contributed by atoms with Crippen molar-refractivity contribution in [3.8, 4) is 0 Å². The first-order valence-electron chi connectivity index (χ1n) is 7.75. The molecule has 2 aromatic rings. The SMILES string of the molecule is Cc1cccc(N2CCN(C(C)Cn3cccn3)CC2)c1. The van der Waals surface area contributed by atoms with Gasteiger partial charge in [-0.2, -0.15) is 5.10 Å². The summed E-state index contributed by atoms with van der Waals surface area (Å²) in [7, 11) is 0. The van der Waals surface area contributed by atoms with E-state index in [1.54, 1.807) is 0 Å². The molecule has 0 N–H and O–H groups in total. The molecule has 1 aromatic heterocycles. The third kappa shape index (κ3) is 3.45. The molecular weight excluding hydrogens is 260 g/mol. The number of anilines is 1. The van der Waals surface area contributed by atoms with Crippen LogP contribution in [0.15, 0.2) is 42.7 Å². The van der Waals surface area contributed by atoms with E-state index in [9.17, 15) is 0 Å². The van der Waals surface area contributed by atoms with Gasteiger partial charge in [0.1, 0.15) is 0 Å². The highest BCUT2D eigenvalue weighted by molar-refractivity contribution is 5.48. The first-order chi connectivity index (χ1) is 10.2. The fourth-order valence-corrected chi connectivity index (χ4v) is 3.04. The van der Waals surface area contributed by atoms with E-state index in [1.807, 2.05) is 23.1 Å². The predicted molar refractivity (Wildman–Crippen MR) is 86.7 cm³/mol. The normalized spacial score (nSPS) is 17.9. The lowest BCUT2D eigenvalue weighted by molar-refractivity contribution is 0.177. The third-order valence-corrected chi connectivity index (χ3v) is 4.31. The minimum Gasteiger partial charge on any atom is -0.369 e. The molecule has 1 saturated heterocycles. The molecule has 1 fully saturated rings. The van der Waals surface area contributed by atoms with Crippen LogP contribution in [-0.2, 0) is 6.54 Å². The Kier molecular flexibility index (Phi) is 4.25. The van der Waals surface area contributed by atoms with Gasteiger partial charge in [0.2, 0.25) is 0 Å². The largest absolute Gasteiger partial charge is 0.369 e. The molecular formula is C17H24N4. The van der Waals surface area contributed by atoms with E-state index in [1.165, 1.54) is 11.3 Å². The Balaban J connectivity index is 1.55.